The molecule has 0 heterocycles. The summed E-state index contributed by atoms with van der Waals surface area (Å²) in [5.41, 5.74) is -0.287. The Bertz CT molecular complexity index is 852. The number of allylic oxidation sites excluding steroid dienone is 1. The lowest BCUT2D eigenvalue weighted by Crippen LogP contribution is -2.63. The van der Waals surface area contributed by atoms with E-state index in [1.807, 2.05) is 0 Å². The molecule has 34 heavy (non-hydrogen) atoms. The first-order valence-electron chi connectivity index (χ1n) is 13.8. The second kappa shape index (κ2) is 8.15. The highest BCUT2D eigenvalue weighted by Gasteiger charge is 2.70. The van der Waals surface area contributed by atoms with Crippen LogP contribution in [-0.2, 0) is 4.79 Å². The predicted octanol–water partition coefficient (Wildman–Crippen LogP) is 5.68. The summed E-state index contributed by atoms with van der Waals surface area (Å²) in [5, 5.41) is 31.3. The fourth-order valence-electron chi connectivity index (χ4n) is 9.35. The fourth-order valence-corrected chi connectivity index (χ4v) is 9.35. The van der Waals surface area contributed by atoms with E-state index in [1.54, 1.807) is 13.8 Å². The fraction of sp³-hybridized carbons (Fsp3) is 0.900. The van der Waals surface area contributed by atoms with Crippen LogP contribution in [0.15, 0.2) is 11.6 Å². The van der Waals surface area contributed by atoms with Gasteiger partial charge in [-0.3, -0.25) is 4.79 Å². The molecular weight excluding hydrogens is 424 g/mol. The van der Waals surface area contributed by atoms with Crippen molar-refractivity contribution in [3.8, 4) is 0 Å². The molecule has 0 amide bonds. The van der Waals surface area contributed by atoms with Crippen LogP contribution in [-0.4, -0.2) is 38.9 Å². The van der Waals surface area contributed by atoms with E-state index >= 15 is 0 Å². The van der Waals surface area contributed by atoms with Gasteiger partial charge < -0.3 is 15.3 Å². The number of ketones is 1. The van der Waals surface area contributed by atoms with Gasteiger partial charge in [0.2, 0.25) is 0 Å². The summed E-state index contributed by atoms with van der Waals surface area (Å²) < 4.78 is 0. The minimum Gasteiger partial charge on any atom is -0.392 e. The molecule has 4 rings (SSSR count). The van der Waals surface area contributed by atoms with E-state index < -0.39 is 11.7 Å². The molecule has 4 aliphatic carbocycles. The normalized spacial score (nSPS) is 45.6. The highest BCUT2D eigenvalue weighted by Crippen LogP contribution is 2.74. The molecule has 0 bridgehead atoms. The maximum Gasteiger partial charge on any atom is 0.140 e. The van der Waals surface area contributed by atoms with Crippen LogP contribution in [0.1, 0.15) is 107 Å². The second-order valence-electron chi connectivity index (χ2n) is 14.4. The molecule has 3 fully saturated rings. The van der Waals surface area contributed by atoms with Crippen molar-refractivity contribution >= 4 is 5.78 Å². The molecule has 0 aromatic carbocycles. The van der Waals surface area contributed by atoms with Gasteiger partial charge in [0, 0.05) is 17.3 Å². The molecule has 0 spiro atoms. The molecule has 0 saturated heterocycles. The standard InChI is InChI=1S/C30H50O4/c1-18(9-13-24(32)27(4,5)34)19-15-16-28(6)22-12-10-20-21(11-14-23(31)26(20,2)3)30(22,8)25(33)17-29(19,28)7/h10,18-19,21-24,31-32,34H,9,11-17H2,1-8H3/t18-,19-,21-,22?,23+,24?,28+,29-,30?/m1/s1. The predicted molar refractivity (Wildman–Crippen MR) is 136 cm³/mol. The van der Waals surface area contributed by atoms with Gasteiger partial charge in [-0.05, 0) is 93.3 Å². The van der Waals surface area contributed by atoms with Gasteiger partial charge in [0.15, 0.2) is 0 Å². The number of carbonyl (C=O) groups excluding carboxylic acids is 1. The van der Waals surface area contributed by atoms with Crippen LogP contribution >= 0.6 is 0 Å². The molecular formula is C30H50O4. The molecule has 0 radical (unpaired) electrons. The molecule has 3 N–H and O–H groups in total. The number of hydrogen-bond acceptors (Lipinski definition) is 4. The van der Waals surface area contributed by atoms with E-state index in [-0.39, 0.29) is 33.7 Å². The van der Waals surface area contributed by atoms with E-state index in [1.165, 1.54) is 5.57 Å². The van der Waals surface area contributed by atoms with Crippen LogP contribution in [0, 0.1) is 45.3 Å². The summed E-state index contributed by atoms with van der Waals surface area (Å²) in [6, 6.07) is 0. The first kappa shape index (κ1) is 26.4. The third-order valence-corrected chi connectivity index (χ3v) is 12.1. The lowest BCUT2D eigenvalue weighted by atomic mass is 9.38. The summed E-state index contributed by atoms with van der Waals surface area (Å²) >= 11 is 0. The first-order chi connectivity index (χ1) is 15.5. The van der Waals surface area contributed by atoms with Crippen molar-refractivity contribution in [1.29, 1.82) is 0 Å². The van der Waals surface area contributed by atoms with Crippen LogP contribution in [0.4, 0.5) is 0 Å². The quantitative estimate of drug-likeness (QED) is 0.448. The molecule has 3 unspecified atom stereocenters. The maximum absolute atomic E-state index is 14.2. The van der Waals surface area contributed by atoms with Crippen molar-refractivity contribution < 1.29 is 20.1 Å². The lowest BCUT2D eigenvalue weighted by Gasteiger charge is -2.64. The van der Waals surface area contributed by atoms with E-state index in [4.69, 9.17) is 0 Å². The van der Waals surface area contributed by atoms with Crippen molar-refractivity contribution in [2.45, 2.75) is 125 Å². The SMILES string of the molecule is C[C@H](CCC(O)C(C)(C)O)[C@H]1CC[C@@]2(C)C3CC=C4[C@@H](CC[C@H](O)C4(C)C)C3(C)C(=O)C[C@]12C. The van der Waals surface area contributed by atoms with Crippen LogP contribution in [0.3, 0.4) is 0 Å². The van der Waals surface area contributed by atoms with Gasteiger partial charge in [-0.1, -0.05) is 53.2 Å². The third-order valence-electron chi connectivity index (χ3n) is 12.1. The third kappa shape index (κ3) is 3.52. The number of aliphatic hydroxyl groups excluding tert-OH is 2. The average Bonchev–Trinajstić information content (AvgIpc) is 2.99. The van der Waals surface area contributed by atoms with Crippen LogP contribution in [0.25, 0.3) is 0 Å². The minimum atomic E-state index is -1.08. The minimum absolute atomic E-state index is 0.0393. The van der Waals surface area contributed by atoms with Crippen molar-refractivity contribution in [2.75, 3.05) is 0 Å². The Hall–Kier alpha value is -0.710. The first-order valence-corrected chi connectivity index (χ1v) is 13.8. The maximum atomic E-state index is 14.2. The smallest absolute Gasteiger partial charge is 0.140 e. The van der Waals surface area contributed by atoms with E-state index in [0.29, 0.717) is 36.4 Å². The van der Waals surface area contributed by atoms with Crippen molar-refractivity contribution in [3.63, 3.8) is 0 Å². The zero-order valence-corrected chi connectivity index (χ0v) is 22.9. The number of hydrogen-bond donors (Lipinski definition) is 3. The van der Waals surface area contributed by atoms with Gasteiger partial charge >= 0.3 is 0 Å². The van der Waals surface area contributed by atoms with Gasteiger partial charge in [0.05, 0.1) is 17.8 Å². The average molecular weight is 475 g/mol. The molecule has 4 nitrogen and oxygen atoms in total. The molecule has 0 aromatic rings. The van der Waals surface area contributed by atoms with Crippen molar-refractivity contribution in [1.82, 2.24) is 0 Å². The monoisotopic (exact) mass is 474 g/mol. The number of rotatable bonds is 5. The van der Waals surface area contributed by atoms with Crippen LogP contribution < -0.4 is 0 Å². The Morgan fingerprint density at radius 1 is 1.06 bits per heavy atom. The molecule has 0 aromatic heterocycles. The lowest BCUT2D eigenvalue weighted by molar-refractivity contribution is -0.172. The Morgan fingerprint density at radius 2 is 1.71 bits per heavy atom. The summed E-state index contributed by atoms with van der Waals surface area (Å²) in [5.74, 6) is 1.88. The van der Waals surface area contributed by atoms with Crippen LogP contribution in [0.2, 0.25) is 0 Å². The number of aliphatic hydroxyl groups is 3. The van der Waals surface area contributed by atoms with E-state index in [9.17, 15) is 20.1 Å². The van der Waals surface area contributed by atoms with Gasteiger partial charge in [0.25, 0.3) is 0 Å². The molecule has 194 valence electrons. The van der Waals surface area contributed by atoms with E-state index in [2.05, 4.69) is 47.6 Å². The van der Waals surface area contributed by atoms with Crippen molar-refractivity contribution in [3.05, 3.63) is 11.6 Å². The second-order valence-corrected chi connectivity index (χ2v) is 14.4. The Morgan fingerprint density at radius 3 is 2.32 bits per heavy atom. The zero-order chi connectivity index (χ0) is 25.5. The van der Waals surface area contributed by atoms with Gasteiger partial charge in [-0.25, -0.2) is 0 Å². The number of Topliss-reactive ketones (excluding diaryl/α,β-unsaturated/α-hetero) is 1. The molecule has 9 atom stereocenters. The number of carbonyl (C=O) groups is 1. The van der Waals surface area contributed by atoms with E-state index in [0.717, 1.165) is 38.5 Å². The van der Waals surface area contributed by atoms with Gasteiger partial charge in [-0.15, -0.1) is 0 Å². The molecule has 4 aliphatic rings. The van der Waals surface area contributed by atoms with Crippen LogP contribution in [0.5, 0.6) is 0 Å². The Balaban J connectivity index is 1.64. The van der Waals surface area contributed by atoms with Gasteiger partial charge in [0.1, 0.15) is 5.78 Å². The zero-order valence-electron chi connectivity index (χ0n) is 22.9. The summed E-state index contributed by atoms with van der Waals surface area (Å²) in [7, 11) is 0. The summed E-state index contributed by atoms with van der Waals surface area (Å²) in [4.78, 5) is 14.2. The summed E-state index contributed by atoms with van der Waals surface area (Å²) in [6.45, 7) is 17.1. The van der Waals surface area contributed by atoms with Crippen molar-refractivity contribution in [2.24, 2.45) is 45.3 Å². The molecule has 3 saturated carbocycles. The highest BCUT2D eigenvalue weighted by atomic mass is 16.3. The largest absolute Gasteiger partial charge is 0.392 e. The summed E-state index contributed by atoms with van der Waals surface area (Å²) in [6.07, 6.45) is 8.40. The molecule has 4 heteroatoms. The van der Waals surface area contributed by atoms with Gasteiger partial charge in [-0.2, -0.15) is 0 Å². The Labute approximate surface area is 207 Å². The Kier molecular flexibility index (Phi) is 6.32. The number of fused-ring (bicyclic) bond motifs is 5. The highest BCUT2D eigenvalue weighted by molar-refractivity contribution is 5.88. The topological polar surface area (TPSA) is 77.8 Å². The molecule has 0 aliphatic heterocycles.